The molecule has 1 fully saturated rings. The van der Waals surface area contributed by atoms with Gasteiger partial charge in [-0.05, 0) is 66.1 Å². The van der Waals surface area contributed by atoms with Gasteiger partial charge in [0.15, 0.2) is 9.84 Å². The highest BCUT2D eigenvalue weighted by Gasteiger charge is 2.39. The van der Waals surface area contributed by atoms with Gasteiger partial charge in [0.25, 0.3) is 5.91 Å². The van der Waals surface area contributed by atoms with Crippen molar-refractivity contribution in [2.24, 2.45) is 0 Å². The molecule has 2 atom stereocenters. The SMILES string of the molecule is CCS(=O)(=O)c1ccc(CNC(=O)c2ccc(N3CC(c4ccc(C(F)(F)F)cc4)C[C@H]3C(=O)N(C)C)cc2)cc1. The number of anilines is 1. The van der Waals surface area contributed by atoms with E-state index in [4.69, 9.17) is 0 Å². The lowest BCUT2D eigenvalue weighted by Gasteiger charge is -2.28. The Labute approximate surface area is 237 Å². The lowest BCUT2D eigenvalue weighted by molar-refractivity contribution is -0.137. The van der Waals surface area contributed by atoms with Gasteiger partial charge in [-0.25, -0.2) is 8.42 Å². The highest BCUT2D eigenvalue weighted by molar-refractivity contribution is 7.91. The first kappa shape index (κ1) is 30.1. The molecule has 11 heteroatoms. The average molecular weight is 588 g/mol. The first-order chi connectivity index (χ1) is 19.3. The lowest BCUT2D eigenvalue weighted by Crippen LogP contribution is -2.42. The van der Waals surface area contributed by atoms with Gasteiger partial charge in [-0.2, -0.15) is 13.2 Å². The van der Waals surface area contributed by atoms with Crippen molar-refractivity contribution in [1.29, 1.82) is 0 Å². The molecule has 4 rings (SSSR count). The van der Waals surface area contributed by atoms with E-state index in [0.29, 0.717) is 18.5 Å². The molecular formula is C30H32F3N3O4S. The minimum absolute atomic E-state index is 0.0102. The van der Waals surface area contributed by atoms with E-state index < -0.39 is 27.6 Å². The van der Waals surface area contributed by atoms with E-state index in [2.05, 4.69) is 5.32 Å². The molecule has 3 aromatic carbocycles. The summed E-state index contributed by atoms with van der Waals surface area (Å²) in [5.74, 6) is -0.561. The number of halogens is 3. The molecule has 0 aromatic heterocycles. The van der Waals surface area contributed by atoms with Crippen molar-refractivity contribution in [3.05, 3.63) is 95.1 Å². The summed E-state index contributed by atoms with van der Waals surface area (Å²) in [6, 6.07) is 17.8. The van der Waals surface area contributed by atoms with E-state index in [-0.39, 0.29) is 34.9 Å². The van der Waals surface area contributed by atoms with Gasteiger partial charge in [-0.3, -0.25) is 9.59 Å². The standard InChI is InChI=1S/C30H32F3N3O4S/c1-4-41(39,40)26-15-5-20(6-16-26)18-34-28(37)22-9-13-25(14-10-22)36-19-23(17-27(36)29(38)35(2)3)21-7-11-24(12-8-21)30(31,32)33/h5-16,23,27H,4,17-19H2,1-3H3,(H,34,37)/t23?,27-/m0/s1. The van der Waals surface area contributed by atoms with Crippen molar-refractivity contribution in [2.45, 2.75) is 42.9 Å². The molecule has 2 amide bonds. The number of carbonyl (C=O) groups excluding carboxylic acids is 2. The van der Waals surface area contributed by atoms with Crippen molar-refractivity contribution >= 4 is 27.3 Å². The molecule has 218 valence electrons. The van der Waals surface area contributed by atoms with Crippen LogP contribution in [-0.2, 0) is 27.4 Å². The Morgan fingerprint density at radius 3 is 2.10 bits per heavy atom. The maximum Gasteiger partial charge on any atom is 0.416 e. The number of nitrogens with one attached hydrogen (secondary N) is 1. The third-order valence-corrected chi connectivity index (χ3v) is 9.06. The van der Waals surface area contributed by atoms with Crippen LogP contribution < -0.4 is 10.2 Å². The van der Waals surface area contributed by atoms with Crippen molar-refractivity contribution in [1.82, 2.24) is 10.2 Å². The number of sulfone groups is 1. The van der Waals surface area contributed by atoms with Crippen LogP contribution in [0.3, 0.4) is 0 Å². The molecule has 7 nitrogen and oxygen atoms in total. The molecule has 1 aliphatic heterocycles. The fourth-order valence-electron chi connectivity index (χ4n) is 4.91. The summed E-state index contributed by atoms with van der Waals surface area (Å²) in [4.78, 5) is 29.4. The number of likely N-dealkylation sites (N-methyl/N-ethyl adjacent to an activating group) is 1. The van der Waals surface area contributed by atoms with Crippen LogP contribution in [0.2, 0.25) is 0 Å². The van der Waals surface area contributed by atoms with Crippen molar-refractivity contribution in [2.75, 3.05) is 31.3 Å². The summed E-state index contributed by atoms with van der Waals surface area (Å²) in [6.45, 7) is 2.23. The molecule has 0 aliphatic carbocycles. The molecule has 1 saturated heterocycles. The summed E-state index contributed by atoms with van der Waals surface area (Å²) in [6.07, 6.45) is -3.97. The monoisotopic (exact) mass is 587 g/mol. The maximum atomic E-state index is 13.0. The molecule has 0 saturated carbocycles. The largest absolute Gasteiger partial charge is 0.416 e. The van der Waals surface area contributed by atoms with Crippen molar-refractivity contribution in [3.8, 4) is 0 Å². The average Bonchev–Trinajstić information content (AvgIpc) is 3.41. The Hall–Kier alpha value is -3.86. The molecule has 0 radical (unpaired) electrons. The van der Waals surface area contributed by atoms with Crippen molar-refractivity contribution < 1.29 is 31.2 Å². The Morgan fingerprint density at radius 1 is 0.951 bits per heavy atom. The Balaban J connectivity index is 1.45. The van der Waals surface area contributed by atoms with Gasteiger partial charge in [-0.15, -0.1) is 0 Å². The molecule has 0 spiro atoms. The Bertz CT molecular complexity index is 1490. The van der Waals surface area contributed by atoms with Crippen LogP contribution in [0.4, 0.5) is 18.9 Å². The smallest absolute Gasteiger partial charge is 0.359 e. The summed E-state index contributed by atoms with van der Waals surface area (Å²) >= 11 is 0. The molecular weight excluding hydrogens is 555 g/mol. The van der Waals surface area contributed by atoms with Crippen molar-refractivity contribution in [3.63, 3.8) is 0 Å². The fraction of sp³-hybridized carbons (Fsp3) is 0.333. The fourth-order valence-corrected chi connectivity index (χ4v) is 5.79. The number of carbonyl (C=O) groups is 2. The van der Waals surface area contributed by atoms with Gasteiger partial charge < -0.3 is 15.1 Å². The second-order valence-corrected chi connectivity index (χ2v) is 12.5. The first-order valence-electron chi connectivity index (χ1n) is 13.1. The first-order valence-corrected chi connectivity index (χ1v) is 14.8. The number of alkyl halides is 3. The maximum absolute atomic E-state index is 13.0. The number of nitrogens with zero attached hydrogens (tertiary/aromatic N) is 2. The number of hydrogen-bond donors (Lipinski definition) is 1. The lowest BCUT2D eigenvalue weighted by atomic mass is 9.95. The molecule has 1 N–H and O–H groups in total. The summed E-state index contributed by atoms with van der Waals surface area (Å²) in [5, 5.41) is 2.82. The van der Waals surface area contributed by atoms with Crippen LogP contribution in [-0.4, -0.2) is 57.6 Å². The van der Waals surface area contributed by atoms with Gasteiger partial charge in [0.05, 0.1) is 16.2 Å². The predicted octanol–water partition coefficient (Wildman–Crippen LogP) is 4.88. The minimum Gasteiger partial charge on any atom is -0.359 e. The van der Waals surface area contributed by atoms with Gasteiger partial charge >= 0.3 is 6.18 Å². The Morgan fingerprint density at radius 2 is 1.56 bits per heavy atom. The van der Waals surface area contributed by atoms with Crippen LogP contribution in [0.15, 0.2) is 77.7 Å². The summed E-state index contributed by atoms with van der Waals surface area (Å²) < 4.78 is 63.0. The van der Waals surface area contributed by atoms with Gasteiger partial charge in [0.2, 0.25) is 5.91 Å². The van der Waals surface area contributed by atoms with E-state index in [1.165, 1.54) is 29.2 Å². The molecule has 0 bridgehead atoms. The highest BCUT2D eigenvalue weighted by Crippen LogP contribution is 2.37. The predicted molar refractivity (Wildman–Crippen MR) is 150 cm³/mol. The Kier molecular flexibility index (Phi) is 8.77. The van der Waals surface area contributed by atoms with E-state index in [0.717, 1.165) is 28.9 Å². The van der Waals surface area contributed by atoms with E-state index in [1.54, 1.807) is 57.4 Å². The number of rotatable bonds is 8. The minimum atomic E-state index is -4.42. The van der Waals surface area contributed by atoms with E-state index in [1.807, 2.05) is 4.90 Å². The van der Waals surface area contributed by atoms with E-state index in [9.17, 15) is 31.2 Å². The second-order valence-electron chi connectivity index (χ2n) is 10.2. The molecule has 41 heavy (non-hydrogen) atoms. The summed E-state index contributed by atoms with van der Waals surface area (Å²) in [7, 11) is 0.0275. The zero-order valence-electron chi connectivity index (χ0n) is 23.0. The van der Waals surface area contributed by atoms with E-state index >= 15 is 0 Å². The molecule has 1 unspecified atom stereocenters. The van der Waals surface area contributed by atoms with Gasteiger partial charge in [0, 0.05) is 44.4 Å². The third kappa shape index (κ3) is 6.90. The van der Waals surface area contributed by atoms with Gasteiger partial charge in [0.1, 0.15) is 6.04 Å². The molecule has 3 aromatic rings. The number of benzene rings is 3. The van der Waals surface area contributed by atoms with Crippen LogP contribution in [0, 0.1) is 0 Å². The van der Waals surface area contributed by atoms with Crippen LogP contribution in [0.1, 0.15) is 46.3 Å². The zero-order valence-corrected chi connectivity index (χ0v) is 23.8. The van der Waals surface area contributed by atoms with Crippen LogP contribution in [0.25, 0.3) is 0 Å². The van der Waals surface area contributed by atoms with Gasteiger partial charge in [-0.1, -0.05) is 31.2 Å². The topological polar surface area (TPSA) is 86.8 Å². The van der Waals surface area contributed by atoms with Crippen LogP contribution in [0.5, 0.6) is 0 Å². The normalized spacial score (nSPS) is 17.4. The highest BCUT2D eigenvalue weighted by atomic mass is 32.2. The third-order valence-electron chi connectivity index (χ3n) is 7.31. The second kappa shape index (κ2) is 11.9. The summed E-state index contributed by atoms with van der Waals surface area (Å²) in [5.41, 5.74) is 1.90. The number of amides is 2. The zero-order chi connectivity index (χ0) is 29.9. The van der Waals surface area contributed by atoms with Crippen LogP contribution >= 0.6 is 0 Å². The quantitative estimate of drug-likeness (QED) is 0.406. The molecule has 1 aliphatic rings. The molecule has 1 heterocycles. The number of hydrogen-bond acceptors (Lipinski definition) is 5.